The van der Waals surface area contributed by atoms with Gasteiger partial charge in [0.25, 0.3) is 0 Å². The minimum absolute atomic E-state index is 0.101. The summed E-state index contributed by atoms with van der Waals surface area (Å²) >= 11 is 0. The molecule has 0 atom stereocenters. The first kappa shape index (κ1) is 18.6. The highest BCUT2D eigenvalue weighted by Gasteiger charge is 2.13. The first-order valence-corrected chi connectivity index (χ1v) is 9.23. The zero-order valence-corrected chi connectivity index (χ0v) is 15.6. The molecule has 0 aliphatic heterocycles. The number of nitrogens with one attached hydrogen (secondary N) is 1. The summed E-state index contributed by atoms with van der Waals surface area (Å²) in [6.07, 6.45) is 5.99. The molecular formula is C22H19FN4O2. The van der Waals surface area contributed by atoms with Crippen molar-refractivity contribution in [2.24, 2.45) is 0 Å². The summed E-state index contributed by atoms with van der Waals surface area (Å²) in [5.41, 5.74) is 3.37. The van der Waals surface area contributed by atoms with Crippen LogP contribution in [-0.2, 0) is 17.8 Å². The van der Waals surface area contributed by atoms with Crippen molar-refractivity contribution in [2.45, 2.75) is 19.4 Å². The van der Waals surface area contributed by atoms with Crippen molar-refractivity contribution in [1.82, 2.24) is 14.9 Å². The first-order valence-electron chi connectivity index (χ1n) is 9.23. The quantitative estimate of drug-likeness (QED) is 0.511. The van der Waals surface area contributed by atoms with E-state index in [1.54, 1.807) is 24.5 Å². The van der Waals surface area contributed by atoms with Gasteiger partial charge in [0.05, 0.1) is 12.7 Å². The Morgan fingerprint density at radius 1 is 1.10 bits per heavy atom. The largest absolute Gasteiger partial charge is 0.356 e. The van der Waals surface area contributed by atoms with Crippen LogP contribution in [0.2, 0.25) is 0 Å². The lowest BCUT2D eigenvalue weighted by molar-refractivity contribution is -0.116. The molecule has 0 fully saturated rings. The van der Waals surface area contributed by atoms with Gasteiger partial charge >= 0.3 is 0 Å². The molecule has 2 heterocycles. The second kappa shape index (κ2) is 8.52. The Kier molecular flexibility index (Phi) is 5.47. The van der Waals surface area contributed by atoms with Crippen LogP contribution in [0.3, 0.4) is 0 Å². The molecule has 0 bridgehead atoms. The Morgan fingerprint density at radius 2 is 1.90 bits per heavy atom. The molecule has 29 heavy (non-hydrogen) atoms. The van der Waals surface area contributed by atoms with E-state index in [4.69, 9.17) is 4.52 Å². The zero-order valence-electron chi connectivity index (χ0n) is 15.6. The average Bonchev–Trinajstić information content (AvgIpc) is 3.40. The first-order chi connectivity index (χ1) is 14.2. The standard InChI is InChI=1S/C22H19FN4O2/c23-19-7-4-17(5-8-19)22-18(14-25-29-22)6-11-21(28)26-20-9-2-16(3-10-20)15-27-13-1-12-24-27/h1-5,7-10,12-14H,6,11,15H2,(H,26,28). The Labute approximate surface area is 167 Å². The van der Waals surface area contributed by atoms with Gasteiger partial charge in [-0.3, -0.25) is 9.48 Å². The van der Waals surface area contributed by atoms with E-state index in [-0.39, 0.29) is 18.1 Å². The Hall–Kier alpha value is -3.74. The van der Waals surface area contributed by atoms with E-state index < -0.39 is 0 Å². The number of hydrogen-bond acceptors (Lipinski definition) is 4. The van der Waals surface area contributed by atoms with Crippen LogP contribution in [-0.4, -0.2) is 20.8 Å². The number of hydrogen-bond donors (Lipinski definition) is 1. The van der Waals surface area contributed by atoms with Gasteiger partial charge in [-0.15, -0.1) is 0 Å². The lowest BCUT2D eigenvalue weighted by atomic mass is 10.1. The molecule has 6 nitrogen and oxygen atoms in total. The van der Waals surface area contributed by atoms with Gasteiger partial charge in [-0.25, -0.2) is 4.39 Å². The van der Waals surface area contributed by atoms with Crippen LogP contribution in [0, 0.1) is 5.82 Å². The van der Waals surface area contributed by atoms with E-state index in [9.17, 15) is 9.18 Å². The Balaban J connectivity index is 1.33. The van der Waals surface area contributed by atoms with E-state index in [0.29, 0.717) is 18.7 Å². The molecule has 2 aromatic carbocycles. The summed E-state index contributed by atoms with van der Waals surface area (Å²) in [5, 5.41) is 10.9. The topological polar surface area (TPSA) is 73.0 Å². The SMILES string of the molecule is O=C(CCc1cnoc1-c1ccc(F)cc1)Nc1ccc(Cn2cccn2)cc1. The van der Waals surface area contributed by atoms with E-state index in [1.165, 1.54) is 12.1 Å². The molecule has 0 spiro atoms. The maximum absolute atomic E-state index is 13.1. The normalized spacial score (nSPS) is 10.8. The molecule has 0 aliphatic carbocycles. The lowest BCUT2D eigenvalue weighted by Gasteiger charge is -2.07. The molecule has 0 saturated carbocycles. The van der Waals surface area contributed by atoms with E-state index in [1.807, 2.05) is 41.2 Å². The highest BCUT2D eigenvalue weighted by atomic mass is 19.1. The van der Waals surface area contributed by atoms with Gasteiger partial charge in [0.1, 0.15) is 5.82 Å². The molecule has 4 rings (SSSR count). The lowest BCUT2D eigenvalue weighted by Crippen LogP contribution is -2.12. The highest BCUT2D eigenvalue weighted by Crippen LogP contribution is 2.25. The van der Waals surface area contributed by atoms with Gasteiger partial charge in [-0.1, -0.05) is 17.3 Å². The Morgan fingerprint density at radius 3 is 2.62 bits per heavy atom. The molecule has 0 radical (unpaired) electrons. The minimum atomic E-state index is -0.315. The fourth-order valence-electron chi connectivity index (χ4n) is 3.02. The molecule has 2 aromatic heterocycles. The summed E-state index contributed by atoms with van der Waals surface area (Å²) in [5.74, 6) is 0.140. The average molecular weight is 390 g/mol. The van der Waals surface area contributed by atoms with Crippen molar-refractivity contribution in [3.05, 3.63) is 90.1 Å². The maximum Gasteiger partial charge on any atom is 0.224 e. The fraction of sp³-hybridized carbons (Fsp3) is 0.136. The van der Waals surface area contributed by atoms with Gasteiger partial charge in [0.15, 0.2) is 5.76 Å². The van der Waals surface area contributed by atoms with Crippen molar-refractivity contribution in [3.8, 4) is 11.3 Å². The van der Waals surface area contributed by atoms with Crippen molar-refractivity contribution in [3.63, 3.8) is 0 Å². The highest BCUT2D eigenvalue weighted by molar-refractivity contribution is 5.90. The number of nitrogens with zero attached hydrogens (tertiary/aromatic N) is 3. The number of benzene rings is 2. The number of aryl methyl sites for hydroxylation is 1. The molecule has 0 aliphatic rings. The number of halogens is 1. The number of amides is 1. The van der Waals surface area contributed by atoms with Crippen LogP contribution < -0.4 is 5.32 Å². The molecular weight excluding hydrogens is 371 g/mol. The summed E-state index contributed by atoms with van der Waals surface area (Å²) in [6.45, 7) is 0.681. The van der Waals surface area contributed by atoms with E-state index >= 15 is 0 Å². The Bertz CT molecular complexity index is 1070. The summed E-state index contributed by atoms with van der Waals surface area (Å²) in [7, 11) is 0. The number of carbonyl (C=O) groups excluding carboxylic acids is 1. The van der Waals surface area contributed by atoms with Crippen LogP contribution in [0.5, 0.6) is 0 Å². The van der Waals surface area contributed by atoms with Crippen molar-refractivity contribution in [1.29, 1.82) is 0 Å². The molecule has 0 unspecified atom stereocenters. The fourth-order valence-corrected chi connectivity index (χ4v) is 3.02. The molecule has 146 valence electrons. The minimum Gasteiger partial charge on any atom is -0.356 e. The summed E-state index contributed by atoms with van der Waals surface area (Å²) in [6, 6.07) is 15.5. The molecule has 1 N–H and O–H groups in total. The van der Waals surface area contributed by atoms with Gasteiger partial charge in [-0.2, -0.15) is 5.10 Å². The second-order valence-electron chi connectivity index (χ2n) is 6.64. The van der Waals surface area contributed by atoms with Crippen LogP contribution in [0.25, 0.3) is 11.3 Å². The predicted octanol–water partition coefficient (Wildman–Crippen LogP) is 4.30. The van der Waals surface area contributed by atoms with Crippen molar-refractivity contribution in [2.75, 3.05) is 5.32 Å². The number of carbonyl (C=O) groups is 1. The smallest absolute Gasteiger partial charge is 0.224 e. The number of anilines is 1. The van der Waals surface area contributed by atoms with E-state index in [0.717, 1.165) is 22.4 Å². The maximum atomic E-state index is 13.1. The van der Waals surface area contributed by atoms with Crippen molar-refractivity contribution < 1.29 is 13.7 Å². The summed E-state index contributed by atoms with van der Waals surface area (Å²) in [4.78, 5) is 12.3. The van der Waals surface area contributed by atoms with Gasteiger partial charge in [0, 0.05) is 35.6 Å². The van der Waals surface area contributed by atoms with Crippen molar-refractivity contribution >= 4 is 11.6 Å². The van der Waals surface area contributed by atoms with Crippen LogP contribution >= 0.6 is 0 Å². The summed E-state index contributed by atoms with van der Waals surface area (Å²) < 4.78 is 20.2. The van der Waals surface area contributed by atoms with Gasteiger partial charge in [-0.05, 0) is 54.4 Å². The number of aromatic nitrogens is 3. The third-order valence-corrected chi connectivity index (χ3v) is 4.51. The monoisotopic (exact) mass is 390 g/mol. The third kappa shape index (κ3) is 4.76. The molecule has 1 amide bonds. The van der Waals surface area contributed by atoms with Crippen LogP contribution in [0.4, 0.5) is 10.1 Å². The number of rotatable bonds is 7. The van der Waals surface area contributed by atoms with Crippen LogP contribution in [0.15, 0.2) is 77.7 Å². The molecule has 7 heteroatoms. The third-order valence-electron chi connectivity index (χ3n) is 4.51. The second-order valence-corrected chi connectivity index (χ2v) is 6.64. The van der Waals surface area contributed by atoms with Gasteiger partial charge in [0.2, 0.25) is 5.91 Å². The predicted molar refractivity (Wildman–Crippen MR) is 107 cm³/mol. The van der Waals surface area contributed by atoms with Gasteiger partial charge < -0.3 is 9.84 Å². The molecule has 0 saturated heterocycles. The van der Waals surface area contributed by atoms with Crippen LogP contribution in [0.1, 0.15) is 17.5 Å². The zero-order chi connectivity index (χ0) is 20.1. The van der Waals surface area contributed by atoms with E-state index in [2.05, 4.69) is 15.6 Å². The molecule has 4 aromatic rings.